The summed E-state index contributed by atoms with van der Waals surface area (Å²) in [6.45, 7) is 5.19. The molecule has 1 atom stereocenters. The summed E-state index contributed by atoms with van der Waals surface area (Å²) in [6.07, 6.45) is 0.926. The number of carbonyl (C=O) groups is 1. The molecule has 1 aromatic heterocycles. The normalized spacial score (nSPS) is 18.6. The van der Waals surface area contributed by atoms with Gasteiger partial charge in [-0.15, -0.1) is 0 Å². The Labute approximate surface area is 121 Å². The lowest BCUT2D eigenvalue weighted by Gasteiger charge is -2.38. The molecule has 6 heteroatoms. The SMILES string of the molecule is CCC(CO)N1CCN(C(=O)c2ccc(Br)o2)CC1. The van der Waals surface area contributed by atoms with Gasteiger partial charge in [0.15, 0.2) is 10.4 Å². The molecule has 0 spiro atoms. The summed E-state index contributed by atoms with van der Waals surface area (Å²) in [4.78, 5) is 16.2. The van der Waals surface area contributed by atoms with E-state index in [0.29, 0.717) is 23.5 Å². The number of piperazine rings is 1. The molecular formula is C13H19BrN2O3. The van der Waals surface area contributed by atoms with Gasteiger partial charge < -0.3 is 14.4 Å². The molecule has 106 valence electrons. The van der Waals surface area contributed by atoms with Gasteiger partial charge in [-0.3, -0.25) is 9.69 Å². The topological polar surface area (TPSA) is 56.9 Å². The minimum Gasteiger partial charge on any atom is -0.444 e. The molecule has 0 aromatic carbocycles. The van der Waals surface area contributed by atoms with Gasteiger partial charge in [0.25, 0.3) is 5.91 Å². The van der Waals surface area contributed by atoms with Crippen molar-refractivity contribution >= 4 is 21.8 Å². The fourth-order valence-corrected chi connectivity index (χ4v) is 2.68. The number of halogens is 1. The van der Waals surface area contributed by atoms with E-state index in [1.54, 1.807) is 17.0 Å². The van der Waals surface area contributed by atoms with Crippen LogP contribution in [0.4, 0.5) is 0 Å². The van der Waals surface area contributed by atoms with Crippen molar-refractivity contribution in [1.29, 1.82) is 0 Å². The Balaban J connectivity index is 1.91. The quantitative estimate of drug-likeness (QED) is 0.910. The lowest BCUT2D eigenvalue weighted by atomic mass is 10.1. The highest BCUT2D eigenvalue weighted by Gasteiger charge is 2.26. The number of aliphatic hydroxyl groups excluding tert-OH is 1. The van der Waals surface area contributed by atoms with E-state index in [2.05, 4.69) is 27.8 Å². The summed E-state index contributed by atoms with van der Waals surface area (Å²) in [5, 5.41) is 9.29. The molecule has 0 bridgehead atoms. The average Bonchev–Trinajstić information content (AvgIpc) is 2.87. The molecule has 1 fully saturated rings. The van der Waals surface area contributed by atoms with Crippen molar-refractivity contribution in [2.45, 2.75) is 19.4 Å². The van der Waals surface area contributed by atoms with E-state index in [1.807, 2.05) is 0 Å². The second-order valence-corrected chi connectivity index (χ2v) is 5.46. The molecule has 2 heterocycles. The largest absolute Gasteiger partial charge is 0.444 e. The lowest BCUT2D eigenvalue weighted by Crippen LogP contribution is -2.52. The van der Waals surface area contributed by atoms with Crippen molar-refractivity contribution in [3.63, 3.8) is 0 Å². The minimum absolute atomic E-state index is 0.0672. The predicted octanol–water partition coefficient (Wildman–Crippen LogP) is 1.57. The summed E-state index contributed by atoms with van der Waals surface area (Å²) >= 11 is 3.20. The first-order valence-corrected chi connectivity index (χ1v) is 7.34. The Morgan fingerprint density at radius 1 is 1.42 bits per heavy atom. The zero-order chi connectivity index (χ0) is 13.8. The number of hydrogen-bond acceptors (Lipinski definition) is 4. The van der Waals surface area contributed by atoms with Crippen LogP contribution in [-0.4, -0.2) is 59.6 Å². The van der Waals surface area contributed by atoms with Crippen LogP contribution in [0, 0.1) is 0 Å². The molecule has 0 radical (unpaired) electrons. The average molecular weight is 331 g/mol. The van der Waals surface area contributed by atoms with Gasteiger partial charge in [0.2, 0.25) is 0 Å². The van der Waals surface area contributed by atoms with E-state index in [1.165, 1.54) is 0 Å². The van der Waals surface area contributed by atoms with Crippen LogP contribution >= 0.6 is 15.9 Å². The van der Waals surface area contributed by atoms with Crippen LogP contribution in [0.5, 0.6) is 0 Å². The fourth-order valence-electron chi connectivity index (χ4n) is 2.38. The van der Waals surface area contributed by atoms with Crippen LogP contribution in [0.3, 0.4) is 0 Å². The van der Waals surface area contributed by atoms with Gasteiger partial charge in [0.05, 0.1) is 6.61 Å². The molecule has 1 aliphatic heterocycles. The zero-order valence-corrected chi connectivity index (χ0v) is 12.6. The number of carbonyl (C=O) groups excluding carboxylic acids is 1. The molecule has 1 N–H and O–H groups in total. The predicted molar refractivity (Wildman–Crippen MR) is 75.0 cm³/mol. The number of aliphatic hydroxyl groups is 1. The van der Waals surface area contributed by atoms with E-state index in [9.17, 15) is 9.90 Å². The first-order valence-electron chi connectivity index (χ1n) is 6.55. The van der Waals surface area contributed by atoms with Gasteiger partial charge >= 0.3 is 0 Å². The van der Waals surface area contributed by atoms with Crippen LogP contribution in [0.2, 0.25) is 0 Å². The van der Waals surface area contributed by atoms with Crippen molar-refractivity contribution < 1.29 is 14.3 Å². The van der Waals surface area contributed by atoms with Gasteiger partial charge in [-0.2, -0.15) is 0 Å². The molecule has 19 heavy (non-hydrogen) atoms. The summed E-state index contributed by atoms with van der Waals surface area (Å²) in [7, 11) is 0. The van der Waals surface area contributed by atoms with Crippen molar-refractivity contribution in [1.82, 2.24) is 9.80 Å². The zero-order valence-electron chi connectivity index (χ0n) is 11.0. The highest BCUT2D eigenvalue weighted by atomic mass is 79.9. The third-order valence-corrected chi connectivity index (χ3v) is 4.01. The van der Waals surface area contributed by atoms with Gasteiger partial charge in [0, 0.05) is 32.2 Å². The lowest BCUT2D eigenvalue weighted by molar-refractivity contribution is 0.0449. The first-order chi connectivity index (χ1) is 9.15. The number of furan rings is 1. The van der Waals surface area contributed by atoms with Crippen LogP contribution in [0.15, 0.2) is 21.2 Å². The Kier molecular flexibility index (Phi) is 5.01. The summed E-state index contributed by atoms with van der Waals surface area (Å²) in [5.74, 6) is 0.303. The van der Waals surface area contributed by atoms with Crippen LogP contribution in [0.25, 0.3) is 0 Å². The maximum atomic E-state index is 12.2. The molecule has 1 aromatic rings. The Hall–Kier alpha value is -0.850. The highest BCUT2D eigenvalue weighted by molar-refractivity contribution is 9.10. The molecule has 5 nitrogen and oxygen atoms in total. The standard InChI is InChI=1S/C13H19BrN2O3/c1-2-10(9-17)15-5-7-16(8-6-15)13(18)11-3-4-12(14)19-11/h3-4,10,17H,2,5-9H2,1H3. The van der Waals surface area contributed by atoms with E-state index in [-0.39, 0.29) is 18.6 Å². The van der Waals surface area contributed by atoms with E-state index >= 15 is 0 Å². The summed E-state index contributed by atoms with van der Waals surface area (Å²) in [6, 6.07) is 3.61. The van der Waals surface area contributed by atoms with E-state index < -0.39 is 0 Å². The van der Waals surface area contributed by atoms with Gasteiger partial charge in [-0.1, -0.05) is 6.92 Å². The number of hydrogen-bond donors (Lipinski definition) is 1. The molecule has 2 rings (SSSR count). The van der Waals surface area contributed by atoms with Gasteiger partial charge in [-0.05, 0) is 34.5 Å². The molecule has 1 aliphatic rings. The van der Waals surface area contributed by atoms with Crippen molar-refractivity contribution in [3.8, 4) is 0 Å². The Morgan fingerprint density at radius 3 is 2.58 bits per heavy atom. The van der Waals surface area contributed by atoms with Crippen molar-refractivity contribution in [2.75, 3.05) is 32.8 Å². The third kappa shape index (κ3) is 3.38. The van der Waals surface area contributed by atoms with Crippen molar-refractivity contribution in [3.05, 3.63) is 22.6 Å². The Morgan fingerprint density at radius 2 is 2.11 bits per heavy atom. The molecule has 0 saturated carbocycles. The monoisotopic (exact) mass is 330 g/mol. The van der Waals surface area contributed by atoms with E-state index in [4.69, 9.17) is 4.42 Å². The molecule has 0 aliphatic carbocycles. The van der Waals surface area contributed by atoms with Gasteiger partial charge in [0.1, 0.15) is 0 Å². The highest BCUT2D eigenvalue weighted by Crippen LogP contribution is 2.17. The van der Waals surface area contributed by atoms with Crippen LogP contribution in [-0.2, 0) is 0 Å². The minimum atomic E-state index is -0.0672. The fraction of sp³-hybridized carbons (Fsp3) is 0.615. The second kappa shape index (κ2) is 6.54. The molecular weight excluding hydrogens is 312 g/mol. The summed E-state index contributed by atoms with van der Waals surface area (Å²) < 4.78 is 5.86. The molecule has 1 amide bonds. The smallest absolute Gasteiger partial charge is 0.289 e. The first kappa shape index (κ1) is 14.6. The maximum Gasteiger partial charge on any atom is 0.289 e. The maximum absolute atomic E-state index is 12.2. The van der Waals surface area contributed by atoms with E-state index in [0.717, 1.165) is 19.5 Å². The number of amides is 1. The summed E-state index contributed by atoms with van der Waals surface area (Å²) in [5.41, 5.74) is 0. The van der Waals surface area contributed by atoms with Gasteiger partial charge in [-0.25, -0.2) is 0 Å². The Bertz CT molecular complexity index is 423. The van der Waals surface area contributed by atoms with Crippen LogP contribution < -0.4 is 0 Å². The van der Waals surface area contributed by atoms with Crippen molar-refractivity contribution in [2.24, 2.45) is 0 Å². The second-order valence-electron chi connectivity index (χ2n) is 4.68. The number of rotatable bonds is 4. The number of nitrogens with zero attached hydrogens (tertiary/aromatic N) is 2. The third-order valence-electron chi connectivity index (χ3n) is 3.58. The van der Waals surface area contributed by atoms with Crippen LogP contribution in [0.1, 0.15) is 23.9 Å². The molecule has 1 saturated heterocycles. The molecule has 1 unspecified atom stereocenters.